The number of nitrogens with zero attached hydrogens (tertiary/aromatic N) is 3. The molecule has 0 spiro atoms. The van der Waals surface area contributed by atoms with E-state index in [2.05, 4.69) is 28.7 Å². The number of benzene rings is 1. The highest BCUT2D eigenvalue weighted by Gasteiger charge is 2.37. The molecular formula is C19H26N4O2. The van der Waals surface area contributed by atoms with Crippen LogP contribution in [0.15, 0.2) is 36.7 Å². The molecule has 1 saturated heterocycles. The first-order valence-corrected chi connectivity index (χ1v) is 8.73. The van der Waals surface area contributed by atoms with Gasteiger partial charge in [-0.1, -0.05) is 44.2 Å². The van der Waals surface area contributed by atoms with E-state index in [-0.39, 0.29) is 11.9 Å². The number of carbonyl (C=O) groups excluding carboxylic acids is 1. The summed E-state index contributed by atoms with van der Waals surface area (Å²) in [7, 11) is 2.01. The number of imidazole rings is 1. The van der Waals surface area contributed by atoms with Crippen LogP contribution in [0, 0.1) is 5.92 Å². The molecule has 134 valence electrons. The number of rotatable bonds is 5. The predicted molar refractivity (Wildman–Crippen MR) is 97.2 cm³/mol. The van der Waals surface area contributed by atoms with Crippen molar-refractivity contribution in [3.63, 3.8) is 0 Å². The maximum Gasteiger partial charge on any atom is 0.272 e. The summed E-state index contributed by atoms with van der Waals surface area (Å²) in [5.41, 5.74) is 2.03. The van der Waals surface area contributed by atoms with Crippen LogP contribution in [0.5, 0.6) is 0 Å². The highest BCUT2D eigenvalue weighted by molar-refractivity contribution is 5.98. The number of aromatic amines is 1. The van der Waals surface area contributed by atoms with Crippen LogP contribution < -0.4 is 0 Å². The first-order chi connectivity index (χ1) is 12.0. The minimum Gasteiger partial charge on any atom is -0.390 e. The van der Waals surface area contributed by atoms with Crippen molar-refractivity contribution in [3.05, 3.63) is 42.4 Å². The number of amides is 1. The molecular weight excluding hydrogens is 316 g/mol. The minimum atomic E-state index is -0.532. The molecule has 3 rings (SSSR count). The van der Waals surface area contributed by atoms with E-state index in [1.807, 2.05) is 37.4 Å². The summed E-state index contributed by atoms with van der Waals surface area (Å²) in [5, 5.41) is 10.4. The van der Waals surface area contributed by atoms with Gasteiger partial charge in [0.1, 0.15) is 11.4 Å². The molecule has 1 aliphatic rings. The first kappa shape index (κ1) is 17.6. The fraction of sp³-hybridized carbons (Fsp3) is 0.474. The highest BCUT2D eigenvalue weighted by atomic mass is 16.3. The van der Waals surface area contributed by atoms with E-state index in [4.69, 9.17) is 0 Å². The zero-order valence-corrected chi connectivity index (χ0v) is 15.0. The zero-order valence-electron chi connectivity index (χ0n) is 15.0. The summed E-state index contributed by atoms with van der Waals surface area (Å²) in [6.07, 6.45) is 1.01. The number of likely N-dealkylation sites (tertiary alicyclic amines) is 1. The molecule has 1 fully saturated rings. The molecule has 6 nitrogen and oxygen atoms in total. The maximum absolute atomic E-state index is 13.0. The Kier molecular flexibility index (Phi) is 5.20. The van der Waals surface area contributed by atoms with Crippen molar-refractivity contribution in [1.29, 1.82) is 0 Å². The Morgan fingerprint density at radius 3 is 2.76 bits per heavy atom. The van der Waals surface area contributed by atoms with Crippen molar-refractivity contribution < 1.29 is 9.90 Å². The van der Waals surface area contributed by atoms with Gasteiger partial charge < -0.3 is 15.0 Å². The molecule has 1 aromatic carbocycles. The van der Waals surface area contributed by atoms with Gasteiger partial charge in [-0.2, -0.15) is 0 Å². The Labute approximate surface area is 148 Å². The van der Waals surface area contributed by atoms with Crippen LogP contribution in [-0.2, 0) is 0 Å². The van der Waals surface area contributed by atoms with Crippen LogP contribution >= 0.6 is 0 Å². The van der Waals surface area contributed by atoms with Crippen LogP contribution in [0.1, 0.15) is 24.3 Å². The van der Waals surface area contributed by atoms with E-state index in [1.54, 1.807) is 11.2 Å². The van der Waals surface area contributed by atoms with Gasteiger partial charge in [-0.25, -0.2) is 4.98 Å². The van der Waals surface area contributed by atoms with Crippen molar-refractivity contribution in [3.8, 4) is 11.3 Å². The number of β-amino-alcohol motifs (C(OH)–C–C–N with tert-alkyl or cyclic N) is 1. The number of aliphatic hydroxyl groups excluding tert-OH is 1. The fourth-order valence-electron chi connectivity index (χ4n) is 3.51. The molecule has 0 bridgehead atoms. The van der Waals surface area contributed by atoms with E-state index >= 15 is 0 Å². The normalized spacial score (nSPS) is 20.6. The number of hydrogen-bond acceptors (Lipinski definition) is 4. The molecule has 2 aromatic rings. The van der Waals surface area contributed by atoms with Crippen LogP contribution in [0.4, 0.5) is 0 Å². The zero-order chi connectivity index (χ0) is 18.0. The van der Waals surface area contributed by atoms with Gasteiger partial charge in [0.25, 0.3) is 5.91 Å². The summed E-state index contributed by atoms with van der Waals surface area (Å²) in [4.78, 5) is 24.1. The fourth-order valence-corrected chi connectivity index (χ4v) is 3.51. The Morgan fingerprint density at radius 1 is 1.36 bits per heavy atom. The standard InChI is InChI=1S/C19H26N4O2/c1-13(2)9-22(3)15-10-23(11-16(15)24)19(25)18-17(20-12-21-18)14-7-5-4-6-8-14/h4-8,12-13,15-16,24H,9-11H2,1-3H3,(H,20,21)/t15-,16-/m0/s1. The van der Waals surface area contributed by atoms with Crippen molar-refractivity contribution in [1.82, 2.24) is 19.8 Å². The third-order valence-electron chi connectivity index (χ3n) is 4.67. The van der Waals surface area contributed by atoms with Crippen LogP contribution in [-0.4, -0.2) is 69.6 Å². The van der Waals surface area contributed by atoms with Gasteiger partial charge in [0, 0.05) is 25.2 Å². The minimum absolute atomic E-state index is 0.0329. The summed E-state index contributed by atoms with van der Waals surface area (Å²) < 4.78 is 0. The third-order valence-corrected chi connectivity index (χ3v) is 4.67. The van der Waals surface area contributed by atoms with Crippen LogP contribution in [0.25, 0.3) is 11.3 Å². The summed E-state index contributed by atoms with van der Waals surface area (Å²) >= 11 is 0. The molecule has 1 aromatic heterocycles. The molecule has 2 heterocycles. The van der Waals surface area contributed by atoms with Gasteiger partial charge in [0.05, 0.1) is 18.5 Å². The Morgan fingerprint density at radius 2 is 2.08 bits per heavy atom. The van der Waals surface area contributed by atoms with Gasteiger partial charge >= 0.3 is 0 Å². The second-order valence-electron chi connectivity index (χ2n) is 7.17. The van der Waals surface area contributed by atoms with Crippen molar-refractivity contribution in [2.75, 3.05) is 26.7 Å². The SMILES string of the molecule is CC(C)CN(C)[C@H]1CN(C(=O)c2[nH]cnc2-c2ccccc2)C[C@@H]1O. The number of nitrogens with one attached hydrogen (secondary N) is 1. The van der Waals surface area contributed by atoms with Gasteiger partial charge in [0.15, 0.2) is 0 Å². The largest absolute Gasteiger partial charge is 0.390 e. The van der Waals surface area contributed by atoms with E-state index in [0.717, 1.165) is 12.1 Å². The van der Waals surface area contributed by atoms with Gasteiger partial charge in [-0.15, -0.1) is 0 Å². The lowest BCUT2D eigenvalue weighted by molar-refractivity contribution is 0.0758. The smallest absolute Gasteiger partial charge is 0.272 e. The van der Waals surface area contributed by atoms with Gasteiger partial charge in [-0.3, -0.25) is 9.69 Å². The molecule has 1 aliphatic heterocycles. The molecule has 25 heavy (non-hydrogen) atoms. The van der Waals surface area contributed by atoms with Crippen molar-refractivity contribution in [2.24, 2.45) is 5.92 Å². The lowest BCUT2D eigenvalue weighted by atomic mass is 10.1. The number of H-pyrrole nitrogens is 1. The Hall–Kier alpha value is -2.18. The second kappa shape index (κ2) is 7.37. The molecule has 2 N–H and O–H groups in total. The predicted octanol–water partition coefficient (Wildman–Crippen LogP) is 1.85. The first-order valence-electron chi connectivity index (χ1n) is 8.73. The summed E-state index contributed by atoms with van der Waals surface area (Å²) in [6, 6.07) is 9.62. The number of hydrogen-bond donors (Lipinski definition) is 2. The molecule has 1 amide bonds. The monoisotopic (exact) mass is 342 g/mol. The summed E-state index contributed by atoms with van der Waals surface area (Å²) in [5.74, 6) is 0.398. The lowest BCUT2D eigenvalue weighted by Gasteiger charge is -2.27. The molecule has 6 heteroatoms. The molecule has 0 unspecified atom stereocenters. The number of carbonyl (C=O) groups is 1. The van der Waals surface area contributed by atoms with E-state index in [1.165, 1.54) is 0 Å². The number of likely N-dealkylation sites (N-methyl/N-ethyl adjacent to an activating group) is 1. The number of aliphatic hydroxyl groups is 1. The van der Waals surface area contributed by atoms with Crippen LogP contribution in [0.3, 0.4) is 0 Å². The van der Waals surface area contributed by atoms with E-state index < -0.39 is 6.10 Å². The Bertz CT molecular complexity index is 713. The second-order valence-corrected chi connectivity index (χ2v) is 7.17. The average molecular weight is 342 g/mol. The molecule has 2 atom stereocenters. The topological polar surface area (TPSA) is 72.5 Å². The Balaban J connectivity index is 1.76. The molecule has 0 saturated carbocycles. The highest BCUT2D eigenvalue weighted by Crippen LogP contribution is 2.24. The van der Waals surface area contributed by atoms with Gasteiger partial charge in [-0.05, 0) is 13.0 Å². The molecule has 0 radical (unpaired) electrons. The summed E-state index contributed by atoms with van der Waals surface area (Å²) in [6.45, 7) is 6.06. The quantitative estimate of drug-likeness (QED) is 0.870. The average Bonchev–Trinajstić information content (AvgIpc) is 3.21. The maximum atomic E-state index is 13.0. The van der Waals surface area contributed by atoms with Crippen molar-refractivity contribution in [2.45, 2.75) is 26.0 Å². The third kappa shape index (κ3) is 3.75. The number of aromatic nitrogens is 2. The van der Waals surface area contributed by atoms with Crippen molar-refractivity contribution >= 4 is 5.91 Å². The van der Waals surface area contributed by atoms with Crippen LogP contribution in [0.2, 0.25) is 0 Å². The van der Waals surface area contributed by atoms with E-state index in [0.29, 0.717) is 30.4 Å². The lowest BCUT2D eigenvalue weighted by Crippen LogP contribution is -2.42. The van der Waals surface area contributed by atoms with Gasteiger partial charge in [0.2, 0.25) is 0 Å². The van der Waals surface area contributed by atoms with E-state index in [9.17, 15) is 9.90 Å². The molecule has 0 aliphatic carbocycles.